The number of fused-ring (bicyclic) bond motifs is 1. The summed E-state index contributed by atoms with van der Waals surface area (Å²) in [6, 6.07) is 5.70. The summed E-state index contributed by atoms with van der Waals surface area (Å²) in [5, 5.41) is 8.93. The largest absolute Gasteiger partial charge is 0.481 e. The Morgan fingerprint density at radius 2 is 1.74 bits per heavy atom. The number of aromatic nitrogens is 5. The molecule has 1 saturated carbocycles. The maximum atomic E-state index is 13.4. The molecule has 0 saturated heterocycles. The number of carbonyl (C=O) groups is 1. The third-order valence-corrected chi connectivity index (χ3v) is 5.99. The zero-order valence-electron chi connectivity index (χ0n) is 18.0. The molecule has 0 bridgehead atoms. The molecule has 0 amide bonds. The van der Waals surface area contributed by atoms with Crippen LogP contribution in [0.1, 0.15) is 32.1 Å². The highest BCUT2D eigenvalue weighted by atomic mass is 19.2. The summed E-state index contributed by atoms with van der Waals surface area (Å²) in [5.41, 5.74) is 2.47. The van der Waals surface area contributed by atoms with Crippen LogP contribution in [0.15, 0.2) is 42.9 Å². The summed E-state index contributed by atoms with van der Waals surface area (Å²) >= 11 is 0. The molecule has 10 heteroatoms. The van der Waals surface area contributed by atoms with Crippen molar-refractivity contribution in [3.05, 3.63) is 54.5 Å². The van der Waals surface area contributed by atoms with Gasteiger partial charge in [0, 0.05) is 36.4 Å². The van der Waals surface area contributed by atoms with Gasteiger partial charge in [0.15, 0.2) is 17.5 Å². The molecule has 3 aromatic heterocycles. The number of pyridine rings is 1. The number of rotatable bonds is 6. The first-order valence-corrected chi connectivity index (χ1v) is 11.0. The van der Waals surface area contributed by atoms with E-state index in [1.165, 1.54) is 6.20 Å². The number of H-pyrrole nitrogens is 1. The van der Waals surface area contributed by atoms with Crippen molar-refractivity contribution in [1.82, 2.24) is 24.9 Å². The lowest BCUT2D eigenvalue weighted by Crippen LogP contribution is -2.25. The molecular weight excluding hydrogens is 444 g/mol. The summed E-state index contributed by atoms with van der Waals surface area (Å²) in [4.78, 5) is 31.2. The van der Waals surface area contributed by atoms with E-state index in [-0.39, 0.29) is 18.4 Å². The normalized spacial score (nSPS) is 18.2. The second kappa shape index (κ2) is 9.12. The van der Waals surface area contributed by atoms with Crippen LogP contribution in [0.3, 0.4) is 0 Å². The van der Waals surface area contributed by atoms with Crippen LogP contribution in [0.4, 0.5) is 8.78 Å². The van der Waals surface area contributed by atoms with Crippen molar-refractivity contribution in [2.45, 2.75) is 38.2 Å². The van der Waals surface area contributed by atoms with Crippen LogP contribution >= 0.6 is 0 Å². The van der Waals surface area contributed by atoms with E-state index in [0.717, 1.165) is 43.4 Å². The number of hydrogen-bond acceptors (Lipinski definition) is 6. The molecule has 1 fully saturated rings. The van der Waals surface area contributed by atoms with Crippen LogP contribution in [-0.2, 0) is 4.79 Å². The monoisotopic (exact) mass is 465 g/mol. The predicted molar refractivity (Wildman–Crippen MR) is 119 cm³/mol. The van der Waals surface area contributed by atoms with Crippen LogP contribution < -0.4 is 4.74 Å². The number of halogens is 2. The Morgan fingerprint density at radius 3 is 2.41 bits per heavy atom. The SMILES string of the molecule is O=C(O)CC1CCC(Oc2ccc(-c3cnc(-c4nc5cc(F)c(F)cc5[nH]4)cn3)cn2)CC1. The van der Waals surface area contributed by atoms with Crippen LogP contribution in [0.2, 0.25) is 0 Å². The molecule has 8 nitrogen and oxygen atoms in total. The standard InChI is InChI=1S/C24H21F2N5O3/c25-16-8-18-19(9-17(16)26)31-24(30-18)21-12-27-20(11-28-21)14-3-6-22(29-10-14)34-15-4-1-13(2-5-15)7-23(32)33/h3,6,8-13,15H,1-2,4-5,7H2,(H,30,31)(H,32,33). The number of hydrogen-bond donors (Lipinski definition) is 2. The second-order valence-electron chi connectivity index (χ2n) is 8.40. The number of carboxylic acid groups (broad SMARTS) is 1. The first kappa shape index (κ1) is 21.9. The predicted octanol–water partition coefficient (Wildman–Crippen LogP) is 4.77. The molecule has 0 aliphatic heterocycles. The van der Waals surface area contributed by atoms with Gasteiger partial charge >= 0.3 is 5.97 Å². The molecule has 1 aromatic carbocycles. The second-order valence-corrected chi connectivity index (χ2v) is 8.40. The summed E-state index contributed by atoms with van der Waals surface area (Å²) in [6.07, 6.45) is 8.32. The summed E-state index contributed by atoms with van der Waals surface area (Å²) in [7, 11) is 0. The van der Waals surface area contributed by atoms with Crippen LogP contribution in [0, 0.1) is 17.6 Å². The number of imidazole rings is 1. The Balaban J connectivity index is 1.23. The van der Waals surface area contributed by atoms with Gasteiger partial charge in [-0.1, -0.05) is 0 Å². The molecule has 1 aliphatic rings. The lowest BCUT2D eigenvalue weighted by molar-refractivity contribution is -0.138. The number of benzene rings is 1. The highest BCUT2D eigenvalue weighted by molar-refractivity contribution is 5.78. The number of carboxylic acids is 1. The number of ether oxygens (including phenoxy) is 1. The molecule has 34 heavy (non-hydrogen) atoms. The van der Waals surface area contributed by atoms with Crippen LogP contribution in [0.25, 0.3) is 33.8 Å². The van der Waals surface area contributed by atoms with Gasteiger partial charge in [-0.05, 0) is 37.7 Å². The molecule has 0 radical (unpaired) electrons. The van der Waals surface area contributed by atoms with Crippen molar-refractivity contribution in [2.24, 2.45) is 5.92 Å². The van der Waals surface area contributed by atoms with Gasteiger partial charge in [0.2, 0.25) is 5.88 Å². The zero-order chi connectivity index (χ0) is 23.7. The van der Waals surface area contributed by atoms with Crippen molar-refractivity contribution in [2.75, 3.05) is 0 Å². The van der Waals surface area contributed by atoms with Crippen molar-refractivity contribution in [3.8, 4) is 28.7 Å². The molecule has 3 heterocycles. The lowest BCUT2D eigenvalue weighted by atomic mass is 9.85. The Morgan fingerprint density at radius 1 is 1.00 bits per heavy atom. The Kier molecular flexibility index (Phi) is 5.87. The van der Waals surface area contributed by atoms with Crippen molar-refractivity contribution >= 4 is 17.0 Å². The fraction of sp³-hybridized carbons (Fsp3) is 0.292. The Hall–Kier alpha value is -3.95. The van der Waals surface area contributed by atoms with Crippen molar-refractivity contribution < 1.29 is 23.4 Å². The van der Waals surface area contributed by atoms with E-state index in [4.69, 9.17) is 9.84 Å². The Labute approximate surface area is 193 Å². The fourth-order valence-electron chi connectivity index (χ4n) is 4.20. The third-order valence-electron chi connectivity index (χ3n) is 5.99. The third kappa shape index (κ3) is 4.70. The summed E-state index contributed by atoms with van der Waals surface area (Å²) < 4.78 is 32.8. The average Bonchev–Trinajstić information content (AvgIpc) is 3.23. The molecule has 2 N–H and O–H groups in total. The van der Waals surface area contributed by atoms with E-state index < -0.39 is 17.6 Å². The number of aromatic amines is 1. The smallest absolute Gasteiger partial charge is 0.303 e. The van der Waals surface area contributed by atoms with E-state index in [0.29, 0.717) is 34.1 Å². The maximum Gasteiger partial charge on any atom is 0.303 e. The van der Waals surface area contributed by atoms with Gasteiger partial charge in [0.25, 0.3) is 0 Å². The molecule has 1 aliphatic carbocycles. The quantitative estimate of drug-likeness (QED) is 0.421. The average molecular weight is 465 g/mol. The highest BCUT2D eigenvalue weighted by Crippen LogP contribution is 2.30. The topological polar surface area (TPSA) is 114 Å². The summed E-state index contributed by atoms with van der Waals surface area (Å²) in [6.45, 7) is 0. The Bertz CT molecular complexity index is 1280. The van der Waals surface area contributed by atoms with E-state index >= 15 is 0 Å². The fourth-order valence-corrected chi connectivity index (χ4v) is 4.20. The summed E-state index contributed by atoms with van der Waals surface area (Å²) in [5.74, 6) is -1.57. The van der Waals surface area contributed by atoms with Crippen LogP contribution in [0.5, 0.6) is 5.88 Å². The highest BCUT2D eigenvalue weighted by Gasteiger charge is 2.24. The molecule has 4 aromatic rings. The molecule has 0 atom stereocenters. The van der Waals surface area contributed by atoms with E-state index in [9.17, 15) is 13.6 Å². The van der Waals surface area contributed by atoms with Gasteiger partial charge in [-0.3, -0.25) is 9.78 Å². The molecule has 0 spiro atoms. The zero-order valence-corrected chi connectivity index (χ0v) is 18.0. The van der Waals surface area contributed by atoms with Crippen molar-refractivity contribution in [3.63, 3.8) is 0 Å². The van der Waals surface area contributed by atoms with Gasteiger partial charge < -0.3 is 14.8 Å². The first-order chi connectivity index (χ1) is 16.4. The van der Waals surface area contributed by atoms with Gasteiger partial charge in [-0.2, -0.15) is 0 Å². The van der Waals surface area contributed by atoms with Gasteiger partial charge in [0.05, 0.1) is 29.1 Å². The minimum atomic E-state index is -0.960. The lowest BCUT2D eigenvalue weighted by Gasteiger charge is -2.27. The minimum Gasteiger partial charge on any atom is -0.481 e. The number of nitrogens with zero attached hydrogens (tertiary/aromatic N) is 4. The molecule has 174 valence electrons. The van der Waals surface area contributed by atoms with Crippen LogP contribution in [-0.4, -0.2) is 42.1 Å². The number of nitrogens with one attached hydrogen (secondary N) is 1. The minimum absolute atomic E-state index is 0.0354. The van der Waals surface area contributed by atoms with E-state index in [1.807, 2.05) is 6.07 Å². The van der Waals surface area contributed by atoms with E-state index in [2.05, 4.69) is 24.9 Å². The van der Waals surface area contributed by atoms with Crippen molar-refractivity contribution in [1.29, 1.82) is 0 Å². The van der Waals surface area contributed by atoms with E-state index in [1.54, 1.807) is 18.5 Å². The molecule has 0 unspecified atom stereocenters. The first-order valence-electron chi connectivity index (χ1n) is 11.0. The van der Waals surface area contributed by atoms with Gasteiger partial charge in [0.1, 0.15) is 11.8 Å². The maximum absolute atomic E-state index is 13.4. The van der Waals surface area contributed by atoms with Gasteiger partial charge in [-0.15, -0.1) is 0 Å². The molecule has 5 rings (SSSR count). The molecular formula is C24H21F2N5O3. The number of aliphatic carboxylic acids is 1. The van der Waals surface area contributed by atoms with Gasteiger partial charge in [-0.25, -0.2) is 23.7 Å².